The number of amides is 1. The third-order valence-corrected chi connectivity index (χ3v) is 6.92. The number of furan rings is 1. The van der Waals surface area contributed by atoms with Crippen molar-refractivity contribution >= 4 is 28.7 Å². The summed E-state index contributed by atoms with van der Waals surface area (Å²) in [6.07, 6.45) is 0. The van der Waals surface area contributed by atoms with Gasteiger partial charge in [-0.3, -0.25) is 14.4 Å². The molecule has 8 nitrogen and oxygen atoms in total. The minimum Gasteiger partial charge on any atom is -0.464 e. The van der Waals surface area contributed by atoms with E-state index >= 15 is 4.39 Å². The summed E-state index contributed by atoms with van der Waals surface area (Å²) in [7, 11) is 0. The summed E-state index contributed by atoms with van der Waals surface area (Å²) in [6.45, 7) is 6.99. The van der Waals surface area contributed by atoms with Crippen molar-refractivity contribution in [3.63, 3.8) is 0 Å². The molecule has 1 amide bonds. The molecule has 39 heavy (non-hydrogen) atoms. The molecule has 0 saturated heterocycles. The maximum Gasteiger partial charge on any atom is 0.261 e. The predicted octanol–water partition coefficient (Wildman–Crippen LogP) is 5.06. The van der Waals surface area contributed by atoms with Gasteiger partial charge in [0.1, 0.15) is 34.5 Å². The number of aryl methyl sites for hydroxylation is 1. The Morgan fingerprint density at radius 3 is 2.33 bits per heavy atom. The van der Waals surface area contributed by atoms with Crippen molar-refractivity contribution in [2.45, 2.75) is 46.9 Å². The summed E-state index contributed by atoms with van der Waals surface area (Å²) in [5, 5.41) is 15.4. The van der Waals surface area contributed by atoms with Crippen LogP contribution in [0, 0.1) is 24.0 Å². The Bertz CT molecular complexity index is 1680. The van der Waals surface area contributed by atoms with E-state index in [2.05, 4.69) is 10.6 Å². The number of para-hydroxylation sites is 1. The largest absolute Gasteiger partial charge is 0.464 e. The average Bonchev–Trinajstić information content (AvgIpc) is 3.47. The molecular weight excluding hydrogens is 508 g/mol. The number of fused-ring (bicyclic) bond motifs is 1. The van der Waals surface area contributed by atoms with Crippen LogP contribution in [0.15, 0.2) is 56.5 Å². The van der Waals surface area contributed by atoms with Crippen LogP contribution in [0.25, 0.3) is 0 Å². The second-order valence-corrected chi connectivity index (χ2v) is 10.7. The lowest BCUT2D eigenvalue weighted by Crippen LogP contribution is -2.39. The molecule has 0 saturated carbocycles. The van der Waals surface area contributed by atoms with E-state index in [1.54, 1.807) is 43.3 Å². The van der Waals surface area contributed by atoms with Crippen molar-refractivity contribution < 1.29 is 23.1 Å². The molecular formula is C29H27F2N3O5. The van der Waals surface area contributed by atoms with Crippen molar-refractivity contribution in [1.29, 1.82) is 0 Å². The molecule has 3 aromatic carbocycles. The van der Waals surface area contributed by atoms with Gasteiger partial charge < -0.3 is 25.1 Å². The number of nitrogens with zero attached hydrogens (tertiary/aromatic N) is 1. The first-order valence-electron chi connectivity index (χ1n) is 12.4. The first-order chi connectivity index (χ1) is 18.4. The Morgan fingerprint density at radius 2 is 1.69 bits per heavy atom. The van der Waals surface area contributed by atoms with Gasteiger partial charge in [-0.25, -0.2) is 8.78 Å². The normalized spacial score (nSPS) is 14.1. The van der Waals surface area contributed by atoms with Crippen molar-refractivity contribution in [2.24, 2.45) is 5.41 Å². The van der Waals surface area contributed by atoms with Crippen LogP contribution in [0.1, 0.15) is 59.8 Å². The number of carbonyl (C=O) groups is 1. The zero-order valence-corrected chi connectivity index (χ0v) is 21.8. The van der Waals surface area contributed by atoms with Crippen LogP contribution in [-0.2, 0) is 13.2 Å². The summed E-state index contributed by atoms with van der Waals surface area (Å²) in [5.41, 5.74) is -2.44. The molecule has 0 fully saturated rings. The molecule has 0 spiro atoms. The Morgan fingerprint density at radius 1 is 1.00 bits per heavy atom. The van der Waals surface area contributed by atoms with E-state index in [1.165, 1.54) is 4.90 Å². The van der Waals surface area contributed by atoms with Crippen LogP contribution in [0.2, 0.25) is 0 Å². The zero-order chi connectivity index (χ0) is 28.2. The molecule has 3 N–H and O–H groups in total. The number of benzene rings is 2. The van der Waals surface area contributed by atoms with E-state index in [-0.39, 0.29) is 35.7 Å². The number of hydrogen-bond donors (Lipinski definition) is 3. The molecule has 5 rings (SSSR count). The quantitative estimate of drug-likeness (QED) is 0.284. The molecule has 0 aliphatic carbocycles. The molecule has 4 aromatic rings. The van der Waals surface area contributed by atoms with Crippen molar-refractivity contribution in [3.05, 3.63) is 103 Å². The highest BCUT2D eigenvalue weighted by Crippen LogP contribution is 2.41. The molecule has 1 aliphatic heterocycles. The predicted molar refractivity (Wildman–Crippen MR) is 143 cm³/mol. The van der Waals surface area contributed by atoms with Gasteiger partial charge in [0, 0.05) is 22.9 Å². The van der Waals surface area contributed by atoms with Gasteiger partial charge in [-0.05, 0) is 30.5 Å². The number of rotatable bonds is 7. The lowest BCUT2D eigenvalue weighted by atomic mass is 9.85. The van der Waals surface area contributed by atoms with E-state index < -0.39 is 45.5 Å². The molecule has 0 unspecified atom stereocenters. The Labute approximate surface area is 222 Å². The van der Waals surface area contributed by atoms with Gasteiger partial charge in [-0.2, -0.15) is 0 Å². The summed E-state index contributed by atoms with van der Waals surface area (Å²) in [5.74, 6) is -1.52. The van der Waals surface area contributed by atoms with Gasteiger partial charge in [-0.1, -0.05) is 39.0 Å². The molecule has 0 bridgehead atoms. The number of aliphatic hydroxyl groups is 1. The highest BCUT2D eigenvalue weighted by atomic mass is 19.1. The first kappa shape index (κ1) is 26.3. The van der Waals surface area contributed by atoms with E-state index in [4.69, 9.17) is 4.42 Å². The fourth-order valence-corrected chi connectivity index (χ4v) is 4.88. The van der Waals surface area contributed by atoms with Gasteiger partial charge in [0.25, 0.3) is 16.8 Å². The lowest BCUT2D eigenvalue weighted by Gasteiger charge is -2.31. The van der Waals surface area contributed by atoms with Gasteiger partial charge in [-0.15, -0.1) is 0 Å². The van der Waals surface area contributed by atoms with E-state index in [0.29, 0.717) is 28.8 Å². The minimum atomic E-state index is -1.09. The minimum absolute atomic E-state index is 0.0662. The third kappa shape index (κ3) is 4.40. The second kappa shape index (κ2) is 9.46. The Hall–Kier alpha value is -4.31. The molecule has 0 radical (unpaired) electrons. The fraction of sp³-hybridized carbons (Fsp3) is 0.276. The number of aliphatic hydroxyl groups excluding tert-OH is 1. The molecule has 1 atom stereocenters. The van der Waals surface area contributed by atoms with Gasteiger partial charge in [0.2, 0.25) is 0 Å². The maximum absolute atomic E-state index is 15.2. The van der Waals surface area contributed by atoms with E-state index in [0.717, 1.165) is 0 Å². The third-order valence-electron chi connectivity index (χ3n) is 6.92. The van der Waals surface area contributed by atoms with Crippen molar-refractivity contribution in [2.75, 3.05) is 15.5 Å². The topological polar surface area (TPSA) is 112 Å². The van der Waals surface area contributed by atoms with Crippen LogP contribution in [0.3, 0.4) is 0 Å². The molecule has 10 heteroatoms. The highest BCUT2D eigenvalue weighted by molar-refractivity contribution is 6.14. The smallest absolute Gasteiger partial charge is 0.261 e. The molecule has 1 aromatic heterocycles. The number of carbonyl (C=O) groups excluding carboxylic acids is 1. The van der Waals surface area contributed by atoms with Gasteiger partial charge >= 0.3 is 0 Å². The van der Waals surface area contributed by atoms with Crippen LogP contribution in [0.4, 0.5) is 31.5 Å². The van der Waals surface area contributed by atoms with Crippen LogP contribution in [-0.4, -0.2) is 11.0 Å². The Kier molecular flexibility index (Phi) is 6.38. The summed E-state index contributed by atoms with van der Waals surface area (Å²) in [6, 6.07) is 10.2. The molecule has 2 heterocycles. The SMILES string of the molecule is Cc1ccc([C@H](Nc2c(Nc3c(F)cc(F)c4c3C(=O)N(c3ccccc3CO)C4)c(=O)c2=O)C(C)(C)C)o1. The lowest BCUT2D eigenvalue weighted by molar-refractivity contribution is 0.0996. The number of anilines is 4. The van der Waals surface area contributed by atoms with Crippen molar-refractivity contribution in [1.82, 2.24) is 0 Å². The Balaban J connectivity index is 1.54. The highest BCUT2D eigenvalue weighted by Gasteiger charge is 2.38. The number of hydrogen-bond acceptors (Lipinski definition) is 7. The molecule has 1 aliphatic rings. The zero-order valence-electron chi connectivity index (χ0n) is 21.8. The number of halogens is 2. The number of nitrogens with one attached hydrogen (secondary N) is 2. The molecule has 202 valence electrons. The van der Waals surface area contributed by atoms with Crippen LogP contribution in [0.5, 0.6) is 0 Å². The van der Waals surface area contributed by atoms with Gasteiger partial charge in [0.05, 0.1) is 30.4 Å². The van der Waals surface area contributed by atoms with E-state index in [1.807, 2.05) is 20.8 Å². The van der Waals surface area contributed by atoms with Crippen LogP contribution < -0.4 is 26.4 Å². The summed E-state index contributed by atoms with van der Waals surface area (Å²) in [4.78, 5) is 40.0. The maximum atomic E-state index is 15.2. The second-order valence-electron chi connectivity index (χ2n) is 10.7. The van der Waals surface area contributed by atoms with Crippen LogP contribution >= 0.6 is 0 Å². The standard InChI is InChI=1S/C29H27F2N3O5/c1-14-9-10-20(39-14)27(29(2,3)4)33-24-23(25(36)26(24)37)32-22-18(31)11-17(30)16-12-34(28(38)21(16)22)19-8-6-5-7-15(19)13-35/h5-11,27,32-33,35H,12-13H2,1-4H3/t27-/m0/s1. The van der Waals surface area contributed by atoms with Gasteiger partial charge in [0.15, 0.2) is 0 Å². The monoisotopic (exact) mass is 535 g/mol. The van der Waals surface area contributed by atoms with Crippen molar-refractivity contribution in [3.8, 4) is 0 Å². The first-order valence-corrected chi connectivity index (χ1v) is 12.4. The van der Waals surface area contributed by atoms with E-state index in [9.17, 15) is 23.9 Å². The average molecular weight is 536 g/mol. The summed E-state index contributed by atoms with van der Waals surface area (Å²) < 4.78 is 35.8. The summed E-state index contributed by atoms with van der Waals surface area (Å²) >= 11 is 0. The fourth-order valence-electron chi connectivity index (χ4n) is 4.88.